The summed E-state index contributed by atoms with van der Waals surface area (Å²) in [4.78, 5) is 13.1. The van der Waals surface area contributed by atoms with Crippen molar-refractivity contribution in [1.29, 1.82) is 0 Å². The molecule has 16 heavy (non-hydrogen) atoms. The van der Waals surface area contributed by atoms with Crippen LogP contribution in [-0.2, 0) is 4.79 Å². The van der Waals surface area contributed by atoms with Crippen molar-refractivity contribution in [3.8, 4) is 0 Å². The Morgan fingerprint density at radius 1 is 1.44 bits per heavy atom. The van der Waals surface area contributed by atoms with Crippen molar-refractivity contribution in [2.24, 2.45) is 5.92 Å². The highest BCUT2D eigenvalue weighted by molar-refractivity contribution is 9.10. The summed E-state index contributed by atoms with van der Waals surface area (Å²) in [5, 5.41) is 9.01. The van der Waals surface area contributed by atoms with Gasteiger partial charge in [0.15, 0.2) is 0 Å². The first-order valence-electron chi connectivity index (χ1n) is 5.26. The van der Waals surface area contributed by atoms with Gasteiger partial charge < -0.3 is 5.11 Å². The Labute approximate surface area is 103 Å². The van der Waals surface area contributed by atoms with Crippen LogP contribution in [0.2, 0.25) is 0 Å². The van der Waals surface area contributed by atoms with E-state index in [9.17, 15) is 4.79 Å². The lowest BCUT2D eigenvalue weighted by atomic mass is 10.0. The predicted octanol–water partition coefficient (Wildman–Crippen LogP) is 2.53. The zero-order valence-corrected chi connectivity index (χ0v) is 10.6. The van der Waals surface area contributed by atoms with Gasteiger partial charge in [0.05, 0.1) is 5.92 Å². The number of hydrogen-bond donors (Lipinski definition) is 1. The standard InChI is InChI=1S/C12H14BrNO2/c1-14-7-9(12(15)16)6-11(14)8-2-4-10(13)5-3-8/h2-5,9,11H,6-7H2,1H3,(H,15,16)/t9-,11+/m0/s1. The second-order valence-electron chi connectivity index (χ2n) is 4.28. The van der Waals surface area contributed by atoms with Crippen LogP contribution in [0.15, 0.2) is 28.7 Å². The second kappa shape index (κ2) is 4.55. The lowest BCUT2D eigenvalue weighted by Crippen LogP contribution is -2.20. The first-order valence-corrected chi connectivity index (χ1v) is 6.05. The Kier molecular flexibility index (Phi) is 3.30. The molecule has 0 spiro atoms. The van der Waals surface area contributed by atoms with Gasteiger partial charge in [-0.15, -0.1) is 0 Å². The minimum atomic E-state index is -0.688. The van der Waals surface area contributed by atoms with E-state index in [-0.39, 0.29) is 12.0 Å². The highest BCUT2D eigenvalue weighted by Gasteiger charge is 2.34. The van der Waals surface area contributed by atoms with Crippen LogP contribution in [0.1, 0.15) is 18.0 Å². The summed E-state index contributed by atoms with van der Waals surface area (Å²) in [7, 11) is 1.98. The molecule has 0 aliphatic carbocycles. The Hall–Kier alpha value is -0.870. The smallest absolute Gasteiger partial charge is 0.307 e. The van der Waals surface area contributed by atoms with E-state index in [0.717, 1.165) is 4.47 Å². The lowest BCUT2D eigenvalue weighted by molar-refractivity contribution is -0.141. The van der Waals surface area contributed by atoms with Crippen LogP contribution in [0.4, 0.5) is 0 Å². The van der Waals surface area contributed by atoms with Gasteiger partial charge in [0.1, 0.15) is 0 Å². The molecule has 1 fully saturated rings. The van der Waals surface area contributed by atoms with Gasteiger partial charge in [-0.25, -0.2) is 0 Å². The van der Waals surface area contributed by atoms with Gasteiger partial charge in [-0.2, -0.15) is 0 Å². The zero-order valence-electron chi connectivity index (χ0n) is 9.06. The molecule has 2 rings (SSSR count). The summed E-state index contributed by atoms with van der Waals surface area (Å²) in [6, 6.07) is 8.33. The third kappa shape index (κ3) is 2.28. The molecule has 1 aliphatic heterocycles. The van der Waals surface area contributed by atoms with Crippen LogP contribution in [-0.4, -0.2) is 29.6 Å². The van der Waals surface area contributed by atoms with Crippen molar-refractivity contribution >= 4 is 21.9 Å². The van der Waals surface area contributed by atoms with Crippen molar-refractivity contribution in [1.82, 2.24) is 4.90 Å². The van der Waals surface area contributed by atoms with Crippen LogP contribution in [0.3, 0.4) is 0 Å². The fourth-order valence-electron chi connectivity index (χ4n) is 2.25. The van der Waals surface area contributed by atoms with Crippen LogP contribution >= 0.6 is 15.9 Å². The van der Waals surface area contributed by atoms with Gasteiger partial charge >= 0.3 is 5.97 Å². The SMILES string of the molecule is CN1C[C@@H](C(=O)O)C[C@@H]1c1ccc(Br)cc1. The highest BCUT2D eigenvalue weighted by atomic mass is 79.9. The van der Waals surface area contributed by atoms with E-state index in [2.05, 4.69) is 33.0 Å². The van der Waals surface area contributed by atoms with Crippen LogP contribution < -0.4 is 0 Å². The largest absolute Gasteiger partial charge is 0.481 e. The van der Waals surface area contributed by atoms with Crippen LogP contribution in [0.5, 0.6) is 0 Å². The molecule has 0 bridgehead atoms. The monoisotopic (exact) mass is 283 g/mol. The first-order chi connectivity index (χ1) is 7.58. The number of carboxylic acids is 1. The molecule has 1 aromatic carbocycles. The maximum absolute atomic E-state index is 10.9. The van der Waals surface area contributed by atoms with Gasteiger partial charge in [0, 0.05) is 17.1 Å². The molecular weight excluding hydrogens is 270 g/mol. The average molecular weight is 284 g/mol. The molecule has 4 heteroatoms. The average Bonchev–Trinajstić information content (AvgIpc) is 2.62. The number of aliphatic carboxylic acids is 1. The molecule has 0 saturated carbocycles. The Bertz CT molecular complexity index is 391. The van der Waals surface area contributed by atoms with Crippen molar-refractivity contribution in [2.75, 3.05) is 13.6 Å². The predicted molar refractivity (Wildman–Crippen MR) is 65.3 cm³/mol. The molecule has 3 nitrogen and oxygen atoms in total. The second-order valence-corrected chi connectivity index (χ2v) is 5.19. The minimum Gasteiger partial charge on any atom is -0.481 e. The summed E-state index contributed by atoms with van der Waals surface area (Å²) in [6.45, 7) is 0.635. The third-order valence-corrected chi connectivity index (χ3v) is 3.68. The van der Waals surface area contributed by atoms with Gasteiger partial charge in [0.2, 0.25) is 0 Å². The summed E-state index contributed by atoms with van der Waals surface area (Å²) >= 11 is 3.40. The molecule has 1 N–H and O–H groups in total. The quantitative estimate of drug-likeness (QED) is 0.907. The molecule has 1 aromatic rings. The molecule has 2 atom stereocenters. The Morgan fingerprint density at radius 2 is 2.06 bits per heavy atom. The van der Waals surface area contributed by atoms with Crippen LogP contribution in [0, 0.1) is 5.92 Å². The van der Waals surface area contributed by atoms with Gasteiger partial charge in [0.25, 0.3) is 0 Å². The fraction of sp³-hybridized carbons (Fsp3) is 0.417. The van der Waals surface area contributed by atoms with Crippen molar-refractivity contribution in [3.05, 3.63) is 34.3 Å². The molecule has 1 aliphatic rings. The number of rotatable bonds is 2. The number of nitrogens with zero attached hydrogens (tertiary/aromatic N) is 1. The molecule has 1 saturated heterocycles. The summed E-state index contributed by atoms with van der Waals surface area (Å²) in [6.07, 6.45) is 0.702. The number of benzene rings is 1. The highest BCUT2D eigenvalue weighted by Crippen LogP contribution is 2.34. The molecule has 0 aromatic heterocycles. The van der Waals surface area contributed by atoms with Gasteiger partial charge in [-0.1, -0.05) is 28.1 Å². The number of carboxylic acid groups (broad SMARTS) is 1. The maximum atomic E-state index is 10.9. The van der Waals surface area contributed by atoms with E-state index in [1.165, 1.54) is 5.56 Å². The van der Waals surface area contributed by atoms with E-state index in [4.69, 9.17) is 5.11 Å². The van der Waals surface area contributed by atoms with E-state index in [1.807, 2.05) is 19.2 Å². The number of likely N-dealkylation sites (tertiary alicyclic amines) is 1. The Balaban J connectivity index is 2.16. The molecular formula is C12H14BrNO2. The normalized spacial score (nSPS) is 25.9. The van der Waals surface area contributed by atoms with Crippen molar-refractivity contribution in [2.45, 2.75) is 12.5 Å². The molecule has 1 heterocycles. The summed E-state index contributed by atoms with van der Waals surface area (Å²) in [5.41, 5.74) is 1.19. The number of hydrogen-bond acceptors (Lipinski definition) is 2. The molecule has 0 unspecified atom stereocenters. The molecule has 86 valence electrons. The number of carbonyl (C=O) groups is 1. The minimum absolute atomic E-state index is 0.231. The first kappa shape index (κ1) is 11.6. The van der Waals surface area contributed by atoms with E-state index in [0.29, 0.717) is 13.0 Å². The van der Waals surface area contributed by atoms with Gasteiger partial charge in [-0.3, -0.25) is 9.69 Å². The van der Waals surface area contributed by atoms with E-state index < -0.39 is 5.97 Å². The van der Waals surface area contributed by atoms with E-state index in [1.54, 1.807) is 0 Å². The van der Waals surface area contributed by atoms with Gasteiger partial charge in [-0.05, 0) is 31.2 Å². The molecule has 0 amide bonds. The summed E-state index contributed by atoms with van der Waals surface area (Å²) < 4.78 is 1.05. The maximum Gasteiger partial charge on any atom is 0.307 e. The van der Waals surface area contributed by atoms with Crippen molar-refractivity contribution in [3.63, 3.8) is 0 Å². The summed E-state index contributed by atoms with van der Waals surface area (Å²) in [5.74, 6) is -0.926. The van der Waals surface area contributed by atoms with Crippen LogP contribution in [0.25, 0.3) is 0 Å². The molecule has 0 radical (unpaired) electrons. The zero-order chi connectivity index (χ0) is 11.7. The lowest BCUT2D eigenvalue weighted by Gasteiger charge is -2.19. The Morgan fingerprint density at radius 3 is 2.56 bits per heavy atom. The third-order valence-electron chi connectivity index (χ3n) is 3.15. The van der Waals surface area contributed by atoms with Crippen molar-refractivity contribution < 1.29 is 9.90 Å². The number of halogens is 1. The van der Waals surface area contributed by atoms with E-state index >= 15 is 0 Å². The topological polar surface area (TPSA) is 40.5 Å². The fourth-order valence-corrected chi connectivity index (χ4v) is 2.52.